The molecule has 4 rings (SSSR count). The highest BCUT2D eigenvalue weighted by Crippen LogP contribution is 2.35. The molecular formula is C23H28N2O. The van der Waals surface area contributed by atoms with Crippen LogP contribution in [-0.2, 0) is 11.3 Å². The van der Waals surface area contributed by atoms with Gasteiger partial charge in [-0.15, -0.1) is 0 Å². The van der Waals surface area contributed by atoms with Gasteiger partial charge < -0.3 is 9.80 Å². The van der Waals surface area contributed by atoms with Crippen LogP contribution in [0.4, 0.5) is 0 Å². The zero-order chi connectivity index (χ0) is 18.1. The molecule has 2 aliphatic rings. The number of hydrogen-bond acceptors (Lipinski definition) is 2. The Labute approximate surface area is 156 Å². The van der Waals surface area contributed by atoms with Crippen LogP contribution in [0, 0.1) is 5.92 Å². The number of piperidine rings is 1. The van der Waals surface area contributed by atoms with Gasteiger partial charge in [0.25, 0.3) is 0 Å². The summed E-state index contributed by atoms with van der Waals surface area (Å²) < 4.78 is 0. The summed E-state index contributed by atoms with van der Waals surface area (Å²) in [6.45, 7) is 4.79. The van der Waals surface area contributed by atoms with E-state index in [1.165, 1.54) is 16.7 Å². The van der Waals surface area contributed by atoms with Gasteiger partial charge in [-0.2, -0.15) is 0 Å². The lowest BCUT2D eigenvalue weighted by Crippen LogP contribution is -2.47. The molecule has 1 fully saturated rings. The molecular weight excluding hydrogens is 320 g/mol. The highest BCUT2D eigenvalue weighted by Gasteiger charge is 2.35. The molecule has 1 saturated heterocycles. The van der Waals surface area contributed by atoms with Gasteiger partial charge >= 0.3 is 0 Å². The maximum Gasteiger partial charge on any atom is 0.226 e. The van der Waals surface area contributed by atoms with Crippen molar-refractivity contribution in [1.29, 1.82) is 0 Å². The summed E-state index contributed by atoms with van der Waals surface area (Å²) in [5.41, 5.74) is 3.97. The van der Waals surface area contributed by atoms with E-state index >= 15 is 0 Å². The van der Waals surface area contributed by atoms with Crippen LogP contribution in [0.1, 0.15) is 42.4 Å². The second-order valence-electron chi connectivity index (χ2n) is 7.93. The molecule has 0 radical (unpaired) electrons. The molecule has 0 saturated carbocycles. The van der Waals surface area contributed by atoms with E-state index in [2.05, 4.69) is 78.4 Å². The third kappa shape index (κ3) is 3.28. The van der Waals surface area contributed by atoms with Crippen molar-refractivity contribution < 1.29 is 4.79 Å². The summed E-state index contributed by atoms with van der Waals surface area (Å²) in [7, 11) is 2.16. The second kappa shape index (κ2) is 7.24. The maximum atomic E-state index is 13.3. The van der Waals surface area contributed by atoms with Gasteiger partial charge in [0.1, 0.15) is 0 Å². The molecule has 26 heavy (non-hydrogen) atoms. The summed E-state index contributed by atoms with van der Waals surface area (Å²) >= 11 is 0. The second-order valence-corrected chi connectivity index (χ2v) is 7.93. The molecule has 2 aliphatic heterocycles. The van der Waals surface area contributed by atoms with Crippen LogP contribution in [-0.4, -0.2) is 41.9 Å². The average molecular weight is 348 g/mol. The Balaban J connectivity index is 1.60. The number of hydrogen-bond donors (Lipinski definition) is 0. The summed E-state index contributed by atoms with van der Waals surface area (Å²) in [4.78, 5) is 17.8. The Bertz CT molecular complexity index is 773. The molecule has 1 amide bonds. The zero-order valence-corrected chi connectivity index (χ0v) is 15.8. The Morgan fingerprint density at radius 1 is 1.04 bits per heavy atom. The van der Waals surface area contributed by atoms with Crippen molar-refractivity contribution in [2.24, 2.45) is 5.92 Å². The molecule has 0 spiro atoms. The van der Waals surface area contributed by atoms with Gasteiger partial charge in [-0.25, -0.2) is 0 Å². The van der Waals surface area contributed by atoms with Gasteiger partial charge in [0.2, 0.25) is 5.91 Å². The van der Waals surface area contributed by atoms with Gasteiger partial charge in [-0.05, 0) is 50.0 Å². The van der Waals surface area contributed by atoms with E-state index in [1.807, 2.05) is 0 Å². The van der Waals surface area contributed by atoms with Crippen LogP contribution in [0.15, 0.2) is 54.6 Å². The largest absolute Gasteiger partial charge is 0.337 e. The lowest BCUT2D eigenvalue weighted by atomic mass is 9.83. The lowest BCUT2D eigenvalue weighted by Gasteiger charge is -2.40. The van der Waals surface area contributed by atoms with Crippen LogP contribution >= 0.6 is 0 Å². The minimum absolute atomic E-state index is 0.169. The van der Waals surface area contributed by atoms with E-state index in [-0.39, 0.29) is 11.8 Å². The Morgan fingerprint density at radius 2 is 1.77 bits per heavy atom. The van der Waals surface area contributed by atoms with Crippen LogP contribution in [0.5, 0.6) is 0 Å². The van der Waals surface area contributed by atoms with Gasteiger partial charge in [-0.1, -0.05) is 54.6 Å². The Morgan fingerprint density at radius 3 is 2.54 bits per heavy atom. The molecule has 0 aromatic heterocycles. The first kappa shape index (κ1) is 17.3. The summed E-state index contributed by atoms with van der Waals surface area (Å²) in [5, 5.41) is 0. The standard InChI is InChI=1S/C23H28N2O/c1-17-14-19(12-13-24(17)2)23(26)25-15-20-10-6-7-11-21(20)22(16-25)18-8-4-3-5-9-18/h3-11,17,19,22H,12-16H2,1-2H3/t17-,19-,22-/m0/s1. The lowest BCUT2D eigenvalue weighted by molar-refractivity contribution is -0.138. The highest BCUT2D eigenvalue weighted by atomic mass is 16.2. The van der Waals surface area contributed by atoms with Crippen molar-refractivity contribution in [2.75, 3.05) is 20.1 Å². The monoisotopic (exact) mass is 348 g/mol. The minimum atomic E-state index is 0.169. The van der Waals surface area contributed by atoms with E-state index in [0.29, 0.717) is 11.9 Å². The maximum absolute atomic E-state index is 13.3. The molecule has 136 valence electrons. The SMILES string of the molecule is C[C@H]1C[C@@H](C(=O)N2Cc3ccccc3[C@H](c3ccccc3)C2)CCN1C. The van der Waals surface area contributed by atoms with Crippen molar-refractivity contribution in [2.45, 2.75) is 38.3 Å². The molecule has 3 nitrogen and oxygen atoms in total. The van der Waals surface area contributed by atoms with Gasteiger partial charge in [-0.3, -0.25) is 4.79 Å². The van der Waals surface area contributed by atoms with Gasteiger partial charge in [0, 0.05) is 31.0 Å². The first-order chi connectivity index (χ1) is 12.6. The molecule has 3 atom stereocenters. The number of likely N-dealkylation sites (tertiary alicyclic amines) is 1. The number of carbonyl (C=O) groups is 1. The van der Waals surface area contributed by atoms with Crippen molar-refractivity contribution in [1.82, 2.24) is 9.80 Å². The normalized spacial score (nSPS) is 26.4. The van der Waals surface area contributed by atoms with E-state index in [4.69, 9.17) is 0 Å². The molecule has 0 aliphatic carbocycles. The third-order valence-corrected chi connectivity index (χ3v) is 6.27. The number of fused-ring (bicyclic) bond motifs is 1. The van der Waals surface area contributed by atoms with Crippen LogP contribution in [0.3, 0.4) is 0 Å². The molecule has 0 unspecified atom stereocenters. The molecule has 2 aromatic carbocycles. The summed E-state index contributed by atoms with van der Waals surface area (Å²) in [5.74, 6) is 0.789. The minimum Gasteiger partial charge on any atom is -0.337 e. The van der Waals surface area contributed by atoms with Crippen molar-refractivity contribution in [3.8, 4) is 0 Å². The average Bonchev–Trinajstić information content (AvgIpc) is 2.69. The molecule has 2 aromatic rings. The highest BCUT2D eigenvalue weighted by molar-refractivity contribution is 5.79. The van der Waals surface area contributed by atoms with E-state index < -0.39 is 0 Å². The number of rotatable bonds is 2. The summed E-state index contributed by atoms with van der Waals surface area (Å²) in [6, 6.07) is 19.7. The first-order valence-corrected chi connectivity index (χ1v) is 9.75. The first-order valence-electron chi connectivity index (χ1n) is 9.75. The number of amides is 1. The van der Waals surface area contributed by atoms with E-state index in [1.54, 1.807) is 0 Å². The number of carbonyl (C=O) groups excluding carboxylic acids is 1. The van der Waals surface area contributed by atoms with Crippen molar-refractivity contribution in [3.63, 3.8) is 0 Å². The van der Waals surface area contributed by atoms with Crippen LogP contribution in [0.25, 0.3) is 0 Å². The van der Waals surface area contributed by atoms with E-state index in [0.717, 1.165) is 32.5 Å². The van der Waals surface area contributed by atoms with Gasteiger partial charge in [0.15, 0.2) is 0 Å². The quantitative estimate of drug-likeness (QED) is 0.822. The zero-order valence-electron chi connectivity index (χ0n) is 15.8. The predicted octanol–water partition coefficient (Wildman–Crippen LogP) is 3.89. The third-order valence-electron chi connectivity index (χ3n) is 6.27. The van der Waals surface area contributed by atoms with Crippen molar-refractivity contribution in [3.05, 3.63) is 71.3 Å². The molecule has 0 N–H and O–H groups in total. The Kier molecular flexibility index (Phi) is 4.82. The topological polar surface area (TPSA) is 23.6 Å². The number of benzene rings is 2. The number of nitrogens with zero attached hydrogens (tertiary/aromatic N) is 2. The van der Waals surface area contributed by atoms with Crippen LogP contribution in [0.2, 0.25) is 0 Å². The molecule has 2 heterocycles. The van der Waals surface area contributed by atoms with Crippen LogP contribution < -0.4 is 0 Å². The fourth-order valence-corrected chi connectivity index (χ4v) is 4.52. The molecule has 0 bridgehead atoms. The fraction of sp³-hybridized carbons (Fsp3) is 0.435. The molecule has 3 heteroatoms. The van der Waals surface area contributed by atoms with Gasteiger partial charge in [0.05, 0.1) is 0 Å². The predicted molar refractivity (Wildman–Crippen MR) is 105 cm³/mol. The fourth-order valence-electron chi connectivity index (χ4n) is 4.52. The van der Waals surface area contributed by atoms with Crippen molar-refractivity contribution >= 4 is 5.91 Å². The summed E-state index contributed by atoms with van der Waals surface area (Å²) in [6.07, 6.45) is 1.96. The smallest absolute Gasteiger partial charge is 0.226 e. The van der Waals surface area contributed by atoms with E-state index in [9.17, 15) is 4.79 Å². The Hall–Kier alpha value is -2.13.